The number of nitrogens with zero attached hydrogens (tertiary/aromatic N) is 5. The van der Waals surface area contributed by atoms with Crippen molar-refractivity contribution in [2.24, 2.45) is 7.05 Å². The molecular weight excluding hydrogens is 308 g/mol. The quantitative estimate of drug-likeness (QED) is 0.874. The fraction of sp³-hybridized carbons (Fsp3) is 0.500. The number of hydrogen-bond acceptors (Lipinski definition) is 7. The zero-order valence-corrected chi connectivity index (χ0v) is 14.2. The lowest BCUT2D eigenvalue weighted by molar-refractivity contribution is 0.0488. The van der Waals surface area contributed by atoms with Crippen LogP contribution in [-0.2, 0) is 11.8 Å². The number of hydrogen-bond donors (Lipinski definition) is 1. The molecule has 2 aromatic rings. The molecule has 0 radical (unpaired) electrons. The molecule has 3 rings (SSSR count). The second-order valence-electron chi connectivity index (χ2n) is 5.98. The summed E-state index contributed by atoms with van der Waals surface area (Å²) in [5.41, 5.74) is 1.92. The van der Waals surface area contributed by atoms with Gasteiger partial charge in [0.1, 0.15) is 0 Å². The van der Waals surface area contributed by atoms with Crippen molar-refractivity contribution in [2.45, 2.75) is 20.0 Å². The fourth-order valence-electron chi connectivity index (χ4n) is 2.57. The van der Waals surface area contributed by atoms with Crippen molar-refractivity contribution in [2.75, 3.05) is 36.5 Å². The van der Waals surface area contributed by atoms with E-state index in [9.17, 15) is 4.79 Å². The molecule has 1 unspecified atom stereocenters. The Balaban J connectivity index is 1.64. The zero-order chi connectivity index (χ0) is 17.1. The average Bonchev–Trinajstić information content (AvgIpc) is 2.59. The minimum atomic E-state index is -0.148. The first kappa shape index (κ1) is 16.4. The molecule has 1 N–H and O–H groups in total. The molecule has 1 atom stereocenters. The van der Waals surface area contributed by atoms with Gasteiger partial charge in [-0.05, 0) is 25.5 Å². The standard InChI is InChI=1S/C16H22N6O2/c1-11-8-14(20-19-12(11)2)22-6-7-24-13(10-22)9-18-15-16(23)21(3)5-4-17-15/h4-5,8,13H,6-7,9-10H2,1-3H3,(H,17,18). The maximum absolute atomic E-state index is 12.0. The Morgan fingerprint density at radius 3 is 3.00 bits per heavy atom. The van der Waals surface area contributed by atoms with E-state index >= 15 is 0 Å². The van der Waals surface area contributed by atoms with E-state index in [0.29, 0.717) is 25.5 Å². The Bertz CT molecular complexity index is 775. The van der Waals surface area contributed by atoms with Gasteiger partial charge in [0.2, 0.25) is 0 Å². The predicted molar refractivity (Wildman–Crippen MR) is 91.4 cm³/mol. The number of aryl methyl sites for hydroxylation is 3. The third-order valence-corrected chi connectivity index (χ3v) is 4.20. The van der Waals surface area contributed by atoms with E-state index in [1.165, 1.54) is 4.57 Å². The van der Waals surface area contributed by atoms with Gasteiger partial charge in [-0.15, -0.1) is 5.10 Å². The van der Waals surface area contributed by atoms with E-state index < -0.39 is 0 Å². The van der Waals surface area contributed by atoms with Crippen LogP contribution >= 0.6 is 0 Å². The summed E-state index contributed by atoms with van der Waals surface area (Å²) in [6.07, 6.45) is 3.18. The van der Waals surface area contributed by atoms with E-state index in [1.54, 1.807) is 19.4 Å². The van der Waals surface area contributed by atoms with Crippen LogP contribution in [0.5, 0.6) is 0 Å². The predicted octanol–water partition coefficient (Wildman–Crippen LogP) is 0.504. The second-order valence-corrected chi connectivity index (χ2v) is 5.98. The van der Waals surface area contributed by atoms with Gasteiger partial charge in [-0.3, -0.25) is 4.79 Å². The number of morpholine rings is 1. The fourth-order valence-corrected chi connectivity index (χ4v) is 2.57. The molecule has 3 heterocycles. The Labute approximate surface area is 140 Å². The van der Waals surface area contributed by atoms with Gasteiger partial charge in [0.05, 0.1) is 18.4 Å². The van der Waals surface area contributed by atoms with Crippen LogP contribution in [-0.4, -0.2) is 52.1 Å². The first-order valence-corrected chi connectivity index (χ1v) is 7.97. The van der Waals surface area contributed by atoms with E-state index in [4.69, 9.17) is 4.74 Å². The molecule has 128 valence electrons. The molecule has 0 spiro atoms. The monoisotopic (exact) mass is 330 g/mol. The van der Waals surface area contributed by atoms with Crippen molar-refractivity contribution < 1.29 is 4.74 Å². The Morgan fingerprint density at radius 1 is 1.38 bits per heavy atom. The number of anilines is 2. The van der Waals surface area contributed by atoms with Crippen molar-refractivity contribution in [3.63, 3.8) is 0 Å². The van der Waals surface area contributed by atoms with Crippen LogP contribution in [0.2, 0.25) is 0 Å². The van der Waals surface area contributed by atoms with Crippen LogP contribution in [0.4, 0.5) is 11.6 Å². The van der Waals surface area contributed by atoms with E-state index in [1.807, 2.05) is 19.9 Å². The summed E-state index contributed by atoms with van der Waals surface area (Å²) >= 11 is 0. The van der Waals surface area contributed by atoms with Gasteiger partial charge >= 0.3 is 0 Å². The maximum Gasteiger partial charge on any atom is 0.293 e. The summed E-state index contributed by atoms with van der Waals surface area (Å²) in [7, 11) is 1.70. The van der Waals surface area contributed by atoms with E-state index in [2.05, 4.69) is 25.4 Å². The molecule has 1 aliphatic heterocycles. The normalized spacial score (nSPS) is 17.8. The lowest BCUT2D eigenvalue weighted by Crippen LogP contribution is -2.46. The third-order valence-electron chi connectivity index (χ3n) is 4.20. The minimum absolute atomic E-state index is 0.0473. The molecule has 1 aliphatic rings. The molecule has 0 bridgehead atoms. The number of rotatable bonds is 4. The van der Waals surface area contributed by atoms with Crippen LogP contribution < -0.4 is 15.8 Å². The van der Waals surface area contributed by atoms with Crippen molar-refractivity contribution in [1.29, 1.82) is 0 Å². The molecule has 24 heavy (non-hydrogen) atoms. The summed E-state index contributed by atoms with van der Waals surface area (Å²) in [6, 6.07) is 2.05. The van der Waals surface area contributed by atoms with Gasteiger partial charge in [0.15, 0.2) is 11.6 Å². The Morgan fingerprint density at radius 2 is 2.21 bits per heavy atom. The number of ether oxygens (including phenoxy) is 1. The zero-order valence-electron chi connectivity index (χ0n) is 14.2. The molecule has 2 aromatic heterocycles. The average molecular weight is 330 g/mol. The molecule has 0 aliphatic carbocycles. The molecule has 8 heteroatoms. The summed E-state index contributed by atoms with van der Waals surface area (Å²) in [5.74, 6) is 1.20. The van der Waals surface area contributed by atoms with E-state index in [0.717, 1.165) is 23.6 Å². The van der Waals surface area contributed by atoms with E-state index in [-0.39, 0.29) is 11.7 Å². The van der Waals surface area contributed by atoms with Crippen LogP contribution in [0, 0.1) is 13.8 Å². The SMILES string of the molecule is Cc1cc(N2CCOC(CNc3nccn(C)c3=O)C2)nnc1C. The number of aromatic nitrogens is 4. The van der Waals surface area contributed by atoms with Gasteiger partial charge in [-0.1, -0.05) is 0 Å². The second kappa shape index (κ2) is 6.96. The van der Waals surface area contributed by atoms with Gasteiger partial charge in [-0.2, -0.15) is 5.10 Å². The topological polar surface area (TPSA) is 85.2 Å². The van der Waals surface area contributed by atoms with Crippen LogP contribution in [0.25, 0.3) is 0 Å². The minimum Gasteiger partial charge on any atom is -0.373 e. The van der Waals surface area contributed by atoms with Gasteiger partial charge in [-0.25, -0.2) is 4.98 Å². The summed E-state index contributed by atoms with van der Waals surface area (Å²) in [5, 5.41) is 11.6. The molecule has 0 amide bonds. The molecular formula is C16H22N6O2. The highest BCUT2D eigenvalue weighted by Gasteiger charge is 2.22. The molecule has 0 saturated carbocycles. The smallest absolute Gasteiger partial charge is 0.293 e. The summed E-state index contributed by atoms with van der Waals surface area (Å²) in [6.45, 7) is 6.58. The first-order valence-electron chi connectivity index (χ1n) is 7.97. The van der Waals surface area contributed by atoms with Crippen molar-refractivity contribution in [3.8, 4) is 0 Å². The van der Waals surface area contributed by atoms with Crippen LogP contribution in [0.3, 0.4) is 0 Å². The highest BCUT2D eigenvalue weighted by Crippen LogP contribution is 2.17. The van der Waals surface area contributed by atoms with Crippen molar-refractivity contribution in [3.05, 3.63) is 40.1 Å². The Hall–Kier alpha value is -2.48. The van der Waals surface area contributed by atoms with Crippen molar-refractivity contribution >= 4 is 11.6 Å². The summed E-state index contributed by atoms with van der Waals surface area (Å²) in [4.78, 5) is 18.2. The highest BCUT2D eigenvalue weighted by molar-refractivity contribution is 5.41. The molecule has 1 saturated heterocycles. The van der Waals surface area contributed by atoms with Gasteiger partial charge in [0, 0.05) is 39.1 Å². The number of nitrogens with one attached hydrogen (secondary N) is 1. The first-order chi connectivity index (χ1) is 11.5. The van der Waals surface area contributed by atoms with Crippen LogP contribution in [0.15, 0.2) is 23.3 Å². The molecule has 8 nitrogen and oxygen atoms in total. The molecule has 1 fully saturated rings. The van der Waals surface area contributed by atoms with Gasteiger partial charge in [0.25, 0.3) is 5.56 Å². The lowest BCUT2D eigenvalue weighted by Gasteiger charge is -2.33. The Kier molecular flexibility index (Phi) is 4.75. The lowest BCUT2D eigenvalue weighted by atomic mass is 10.2. The third kappa shape index (κ3) is 3.53. The summed E-state index contributed by atoms with van der Waals surface area (Å²) < 4.78 is 7.28. The largest absolute Gasteiger partial charge is 0.373 e. The van der Waals surface area contributed by atoms with Crippen molar-refractivity contribution in [1.82, 2.24) is 19.7 Å². The van der Waals surface area contributed by atoms with Gasteiger partial charge < -0.3 is 19.5 Å². The maximum atomic E-state index is 12.0. The highest BCUT2D eigenvalue weighted by atomic mass is 16.5. The molecule has 0 aromatic carbocycles. The van der Waals surface area contributed by atoms with Crippen LogP contribution in [0.1, 0.15) is 11.3 Å².